The van der Waals surface area contributed by atoms with E-state index in [9.17, 15) is 0 Å². The van der Waals surface area contributed by atoms with Gasteiger partial charge in [0, 0.05) is 45.4 Å². The van der Waals surface area contributed by atoms with Crippen molar-refractivity contribution in [3.05, 3.63) is 137 Å². The zero-order valence-corrected chi connectivity index (χ0v) is 25.3. The second-order valence-corrected chi connectivity index (χ2v) is 12.3. The predicted molar refractivity (Wildman–Crippen MR) is 186 cm³/mol. The molecule has 216 valence electrons. The fourth-order valence-electron chi connectivity index (χ4n) is 7.66. The van der Waals surface area contributed by atoms with Crippen molar-refractivity contribution in [2.24, 2.45) is 0 Å². The molecule has 0 amide bonds. The van der Waals surface area contributed by atoms with E-state index >= 15 is 0 Å². The molecule has 0 N–H and O–H groups in total. The number of hydrogen-bond donors (Lipinski definition) is 0. The molecule has 9 rings (SSSR count). The number of allylic oxidation sites excluding steroid dienone is 5. The van der Waals surface area contributed by atoms with Crippen molar-refractivity contribution < 1.29 is 0 Å². The fourth-order valence-corrected chi connectivity index (χ4v) is 7.66. The first-order valence-electron chi connectivity index (χ1n) is 16.2. The Balaban J connectivity index is 1.34. The molecule has 0 spiro atoms. The number of fused-ring (bicyclic) bond motifs is 6. The zero-order chi connectivity index (χ0) is 29.7. The summed E-state index contributed by atoms with van der Waals surface area (Å²) in [5.41, 5.74) is 16.1. The predicted octanol–water partition coefficient (Wildman–Crippen LogP) is 9.99. The first-order valence-corrected chi connectivity index (χ1v) is 16.2. The van der Waals surface area contributed by atoms with Crippen molar-refractivity contribution in [2.45, 2.75) is 44.9 Å². The van der Waals surface area contributed by atoms with Gasteiger partial charge < -0.3 is 4.57 Å². The standard InChI is InChI=1S/C42H33N3/c1-2-5-16-29(15-4-1)37-28-43-45-41(30-17-6-3-7-18-30)40(35-23-8-9-24-36(35)42(37)45)31-19-14-20-32(27-31)44-38-25-12-10-21-33(38)34-22-11-13-26-39(34)44/h1,3-4,6-7,10,12-15,17-21,25-28H,2,5,9,11,16,22,24H2. The number of para-hydroxylation sites is 1. The molecule has 3 aromatic heterocycles. The van der Waals surface area contributed by atoms with Crippen LogP contribution in [0.25, 0.3) is 56.1 Å². The second-order valence-electron chi connectivity index (χ2n) is 12.3. The van der Waals surface area contributed by atoms with Crippen molar-refractivity contribution in [3.63, 3.8) is 0 Å². The van der Waals surface area contributed by atoms with Crippen molar-refractivity contribution >= 4 is 28.1 Å². The molecule has 0 aliphatic heterocycles. The van der Waals surface area contributed by atoms with Gasteiger partial charge in [-0.05, 0) is 85.1 Å². The van der Waals surface area contributed by atoms with Gasteiger partial charge in [0.25, 0.3) is 0 Å². The van der Waals surface area contributed by atoms with E-state index in [0.29, 0.717) is 0 Å². The van der Waals surface area contributed by atoms with Crippen molar-refractivity contribution in [2.75, 3.05) is 0 Å². The Morgan fingerprint density at radius 1 is 0.778 bits per heavy atom. The van der Waals surface area contributed by atoms with Crippen molar-refractivity contribution in [1.82, 2.24) is 14.2 Å². The lowest BCUT2D eigenvalue weighted by molar-refractivity contribution is 0.887. The van der Waals surface area contributed by atoms with Gasteiger partial charge in [0.1, 0.15) is 0 Å². The van der Waals surface area contributed by atoms with E-state index in [4.69, 9.17) is 5.10 Å². The highest BCUT2D eigenvalue weighted by atomic mass is 15.2. The Bertz CT molecular complexity index is 2290. The van der Waals surface area contributed by atoms with E-state index in [1.165, 1.54) is 61.2 Å². The second kappa shape index (κ2) is 10.7. The highest BCUT2D eigenvalue weighted by Gasteiger charge is 2.27. The lowest BCUT2D eigenvalue weighted by atomic mass is 9.86. The van der Waals surface area contributed by atoms with E-state index < -0.39 is 0 Å². The van der Waals surface area contributed by atoms with Crippen LogP contribution in [0.2, 0.25) is 0 Å². The van der Waals surface area contributed by atoms with E-state index in [0.717, 1.165) is 61.8 Å². The average Bonchev–Trinajstić information content (AvgIpc) is 3.57. The molecule has 0 saturated heterocycles. The molecule has 3 heteroatoms. The average molecular weight is 580 g/mol. The summed E-state index contributed by atoms with van der Waals surface area (Å²) >= 11 is 0. The summed E-state index contributed by atoms with van der Waals surface area (Å²) in [5.74, 6) is 7.14. The van der Waals surface area contributed by atoms with Crippen LogP contribution in [0.5, 0.6) is 0 Å². The number of benzene rings is 3. The van der Waals surface area contributed by atoms with Gasteiger partial charge in [-0.15, -0.1) is 0 Å². The Labute approximate surface area is 263 Å². The first-order chi connectivity index (χ1) is 22.4. The number of aromatic nitrogens is 3. The third kappa shape index (κ3) is 4.17. The van der Waals surface area contributed by atoms with Crippen LogP contribution in [0, 0.1) is 11.8 Å². The highest BCUT2D eigenvalue weighted by molar-refractivity contribution is 5.95. The lowest BCUT2D eigenvalue weighted by Gasteiger charge is -2.22. The van der Waals surface area contributed by atoms with Crippen LogP contribution in [0.4, 0.5) is 0 Å². The quantitative estimate of drug-likeness (QED) is 0.191. The van der Waals surface area contributed by atoms with E-state index in [-0.39, 0.29) is 0 Å². The number of pyridine rings is 1. The van der Waals surface area contributed by atoms with Gasteiger partial charge in [-0.25, -0.2) is 4.52 Å². The fraction of sp³-hybridized carbons (Fsp3) is 0.167. The lowest BCUT2D eigenvalue weighted by Crippen LogP contribution is -2.08. The Kier molecular flexibility index (Phi) is 6.20. The van der Waals surface area contributed by atoms with Crippen LogP contribution >= 0.6 is 0 Å². The van der Waals surface area contributed by atoms with Gasteiger partial charge in [-0.1, -0.05) is 96.8 Å². The monoisotopic (exact) mass is 579 g/mol. The minimum Gasteiger partial charge on any atom is -0.310 e. The molecule has 0 atom stereocenters. The summed E-state index contributed by atoms with van der Waals surface area (Å²) in [7, 11) is 0. The summed E-state index contributed by atoms with van der Waals surface area (Å²) in [6.45, 7) is 0. The molecule has 3 nitrogen and oxygen atoms in total. The van der Waals surface area contributed by atoms with E-state index in [2.05, 4.69) is 136 Å². The zero-order valence-electron chi connectivity index (χ0n) is 25.3. The van der Waals surface area contributed by atoms with Crippen LogP contribution < -0.4 is 0 Å². The molecule has 0 bridgehead atoms. The molecule has 0 fully saturated rings. The van der Waals surface area contributed by atoms with Crippen LogP contribution in [0.1, 0.15) is 60.1 Å². The van der Waals surface area contributed by atoms with Crippen molar-refractivity contribution in [3.8, 4) is 39.9 Å². The van der Waals surface area contributed by atoms with Crippen LogP contribution in [0.3, 0.4) is 0 Å². The van der Waals surface area contributed by atoms with Crippen molar-refractivity contribution in [1.29, 1.82) is 0 Å². The Hall–Kier alpha value is -5.33. The molecule has 3 aromatic carbocycles. The molecule has 3 heterocycles. The molecule has 45 heavy (non-hydrogen) atoms. The Morgan fingerprint density at radius 2 is 1.67 bits per heavy atom. The highest BCUT2D eigenvalue weighted by Crippen LogP contribution is 2.43. The maximum atomic E-state index is 5.16. The SMILES string of the molecule is C1#Cc2c(-c3cccc(-n4c5c(c6ccccc64)CCC=C5)c3)c(-c3ccccc3)n3ncc(C4=CC=CCCC4)c3c2CC1. The summed E-state index contributed by atoms with van der Waals surface area (Å²) in [4.78, 5) is 0. The molecule has 0 radical (unpaired) electrons. The smallest absolute Gasteiger partial charge is 0.0816 e. The van der Waals surface area contributed by atoms with Gasteiger partial charge in [-0.2, -0.15) is 5.10 Å². The summed E-state index contributed by atoms with van der Waals surface area (Å²) in [6, 6.07) is 28.7. The number of nitrogens with zero attached hydrogens (tertiary/aromatic N) is 3. The molecule has 0 saturated carbocycles. The number of hydrogen-bond acceptors (Lipinski definition) is 1. The summed E-state index contributed by atoms with van der Waals surface area (Å²) < 4.78 is 4.67. The van der Waals surface area contributed by atoms with E-state index in [1.807, 2.05) is 0 Å². The van der Waals surface area contributed by atoms with E-state index in [1.54, 1.807) is 0 Å². The van der Waals surface area contributed by atoms with Crippen LogP contribution in [0.15, 0.2) is 109 Å². The molecular weight excluding hydrogens is 546 g/mol. The normalized spacial score (nSPS) is 15.3. The van der Waals surface area contributed by atoms with Gasteiger partial charge in [0.15, 0.2) is 0 Å². The molecule has 6 aromatic rings. The number of rotatable bonds is 4. The Morgan fingerprint density at radius 3 is 2.62 bits per heavy atom. The molecule has 3 aliphatic carbocycles. The maximum Gasteiger partial charge on any atom is 0.0816 e. The largest absolute Gasteiger partial charge is 0.310 e. The first kappa shape index (κ1) is 26.1. The van der Waals surface area contributed by atoms with Gasteiger partial charge in [0.2, 0.25) is 0 Å². The molecular formula is C42H33N3. The summed E-state index contributed by atoms with van der Waals surface area (Å²) in [6.07, 6.45) is 20.8. The van der Waals surface area contributed by atoms with Crippen LogP contribution in [-0.4, -0.2) is 14.2 Å². The summed E-state index contributed by atoms with van der Waals surface area (Å²) in [5, 5.41) is 6.51. The number of aryl methyl sites for hydroxylation is 2. The molecule has 3 aliphatic rings. The topological polar surface area (TPSA) is 22.2 Å². The maximum absolute atomic E-state index is 5.16. The minimum absolute atomic E-state index is 0.865. The third-order valence-corrected chi connectivity index (χ3v) is 9.66. The molecule has 0 unspecified atom stereocenters. The van der Waals surface area contributed by atoms with Gasteiger partial charge in [-0.3, -0.25) is 0 Å². The van der Waals surface area contributed by atoms with Gasteiger partial charge in [0.05, 0.1) is 22.9 Å². The third-order valence-electron chi connectivity index (χ3n) is 9.66. The van der Waals surface area contributed by atoms with Crippen LogP contribution in [-0.2, 0) is 12.8 Å². The minimum atomic E-state index is 0.865. The van der Waals surface area contributed by atoms with Gasteiger partial charge >= 0.3 is 0 Å².